The molecular weight excluding hydrogens is 404 g/mol. The number of hydrogen-bond donors (Lipinski definition) is 4. The fraction of sp³-hybridized carbons (Fsp3) is 0.318. The molecule has 2 heterocycles. The Morgan fingerprint density at radius 3 is 2.32 bits per heavy atom. The van der Waals surface area contributed by atoms with E-state index in [-0.39, 0.29) is 5.88 Å². The predicted octanol–water partition coefficient (Wildman–Crippen LogP) is 0.727. The average Bonchev–Trinajstić information content (AvgIpc) is 3.24. The zero-order chi connectivity index (χ0) is 22.0. The van der Waals surface area contributed by atoms with Crippen LogP contribution in [0.4, 0.5) is 0 Å². The molecule has 9 nitrogen and oxygen atoms in total. The lowest BCUT2D eigenvalue weighted by Gasteiger charge is -2.39. The molecule has 1 aliphatic rings. The van der Waals surface area contributed by atoms with Crippen LogP contribution in [-0.4, -0.2) is 74.6 Å². The van der Waals surface area contributed by atoms with Gasteiger partial charge < -0.3 is 34.6 Å². The first-order valence-electron chi connectivity index (χ1n) is 9.79. The first-order valence-corrected chi connectivity index (χ1v) is 9.79. The van der Waals surface area contributed by atoms with Crippen molar-refractivity contribution in [2.45, 2.75) is 30.7 Å². The van der Waals surface area contributed by atoms with E-state index in [1.165, 1.54) is 0 Å². The molecule has 31 heavy (non-hydrogen) atoms. The number of aliphatic hydroxyl groups excluding tert-OH is 4. The van der Waals surface area contributed by atoms with Crippen LogP contribution >= 0.6 is 0 Å². The number of rotatable bonds is 6. The average molecular weight is 428 g/mol. The van der Waals surface area contributed by atoms with Crippen LogP contribution in [0.2, 0.25) is 0 Å². The lowest BCUT2D eigenvalue weighted by atomic mass is 9.99. The zero-order valence-corrected chi connectivity index (χ0v) is 16.8. The van der Waals surface area contributed by atoms with E-state index in [0.717, 1.165) is 11.3 Å². The molecule has 3 aromatic rings. The molecular formula is C22H24N2O7. The Bertz CT molecular complexity index is 991. The molecule has 0 unspecified atom stereocenters. The largest absolute Gasteiger partial charge is 0.497 e. The van der Waals surface area contributed by atoms with Crippen LogP contribution < -0.4 is 9.47 Å². The molecule has 1 fully saturated rings. The summed E-state index contributed by atoms with van der Waals surface area (Å²) in [6.45, 7) is -0.541. The number of nitrogens with zero attached hydrogens (tertiary/aromatic N) is 2. The van der Waals surface area contributed by atoms with Crippen molar-refractivity contribution in [2.75, 3.05) is 13.7 Å². The van der Waals surface area contributed by atoms with Gasteiger partial charge in [0.2, 0.25) is 12.2 Å². The summed E-state index contributed by atoms with van der Waals surface area (Å²) in [5, 5.41) is 44.1. The van der Waals surface area contributed by atoms with Gasteiger partial charge in [0, 0.05) is 11.6 Å². The molecule has 0 amide bonds. The highest BCUT2D eigenvalue weighted by Crippen LogP contribution is 2.30. The number of aromatic nitrogens is 2. The highest BCUT2D eigenvalue weighted by atomic mass is 16.7. The molecule has 5 atom stereocenters. The van der Waals surface area contributed by atoms with Gasteiger partial charge in [0.25, 0.3) is 0 Å². The van der Waals surface area contributed by atoms with E-state index in [4.69, 9.17) is 14.2 Å². The van der Waals surface area contributed by atoms with E-state index in [1.54, 1.807) is 17.9 Å². The summed E-state index contributed by atoms with van der Waals surface area (Å²) in [5.74, 6) is 0.853. The molecule has 1 saturated heterocycles. The van der Waals surface area contributed by atoms with E-state index < -0.39 is 37.3 Å². The third kappa shape index (κ3) is 4.27. The van der Waals surface area contributed by atoms with Gasteiger partial charge in [-0.15, -0.1) is 5.10 Å². The molecule has 0 spiro atoms. The van der Waals surface area contributed by atoms with Gasteiger partial charge in [-0.3, -0.25) is 0 Å². The van der Waals surface area contributed by atoms with E-state index in [1.807, 2.05) is 54.6 Å². The summed E-state index contributed by atoms with van der Waals surface area (Å²) in [6, 6.07) is 18.5. The Balaban J connectivity index is 1.68. The summed E-state index contributed by atoms with van der Waals surface area (Å²) >= 11 is 0. The standard InChI is InChI=1S/C22H24N2O7/c1-29-15-9-7-13(8-10-15)16-11-18(23-24(16)14-5-3-2-4-6-14)31-22-21(28)20(27)19(26)17(12-25)30-22/h2-11,17,19-22,25-28H,12H2,1H3/t17-,19-,20+,21-,22+/m1/s1. The normalized spacial score (nSPS) is 25.9. The monoisotopic (exact) mass is 428 g/mol. The Hall–Kier alpha value is -2.95. The maximum absolute atomic E-state index is 10.3. The molecule has 9 heteroatoms. The SMILES string of the molecule is COc1ccc(-c2cc(O[C@@H]3O[C@H](CO)[C@@H](O)[C@H](O)[C@H]3O)nn2-c2ccccc2)cc1. The fourth-order valence-corrected chi connectivity index (χ4v) is 3.43. The van der Waals surface area contributed by atoms with Crippen LogP contribution in [0.1, 0.15) is 0 Å². The third-order valence-electron chi connectivity index (χ3n) is 5.16. The minimum Gasteiger partial charge on any atom is -0.497 e. The molecule has 1 aromatic heterocycles. The summed E-state index contributed by atoms with van der Waals surface area (Å²) in [7, 11) is 1.59. The first-order chi connectivity index (χ1) is 15.0. The molecule has 4 rings (SSSR count). The molecule has 0 bridgehead atoms. The molecule has 0 saturated carbocycles. The molecule has 164 valence electrons. The maximum atomic E-state index is 10.3. The minimum absolute atomic E-state index is 0.138. The van der Waals surface area contributed by atoms with E-state index in [0.29, 0.717) is 11.4 Å². The molecule has 0 radical (unpaired) electrons. The van der Waals surface area contributed by atoms with Gasteiger partial charge in [-0.2, -0.15) is 0 Å². The molecule has 2 aromatic carbocycles. The number of methoxy groups -OCH3 is 1. The predicted molar refractivity (Wildman–Crippen MR) is 110 cm³/mol. The Morgan fingerprint density at radius 2 is 1.68 bits per heavy atom. The second kappa shape index (κ2) is 9.04. The van der Waals surface area contributed by atoms with Gasteiger partial charge in [0.15, 0.2) is 0 Å². The van der Waals surface area contributed by atoms with Crippen molar-refractivity contribution in [1.82, 2.24) is 9.78 Å². The van der Waals surface area contributed by atoms with E-state index in [2.05, 4.69) is 5.10 Å². The Kier molecular flexibility index (Phi) is 6.21. The van der Waals surface area contributed by atoms with Crippen molar-refractivity contribution in [3.63, 3.8) is 0 Å². The number of ether oxygens (including phenoxy) is 3. The zero-order valence-electron chi connectivity index (χ0n) is 16.8. The van der Waals surface area contributed by atoms with Crippen molar-refractivity contribution < 1.29 is 34.6 Å². The van der Waals surface area contributed by atoms with Gasteiger partial charge in [0.1, 0.15) is 30.2 Å². The minimum atomic E-state index is -1.53. The van der Waals surface area contributed by atoms with Crippen LogP contribution in [0.3, 0.4) is 0 Å². The summed E-state index contributed by atoms with van der Waals surface area (Å²) in [5.41, 5.74) is 2.35. The highest BCUT2D eigenvalue weighted by Gasteiger charge is 2.45. The topological polar surface area (TPSA) is 126 Å². The van der Waals surface area contributed by atoms with Crippen molar-refractivity contribution >= 4 is 0 Å². The van der Waals surface area contributed by atoms with Crippen molar-refractivity contribution in [2.24, 2.45) is 0 Å². The summed E-state index contributed by atoms with van der Waals surface area (Å²) in [6.07, 6.45) is -6.91. The first kappa shape index (κ1) is 21.3. The van der Waals surface area contributed by atoms with Crippen LogP contribution in [-0.2, 0) is 4.74 Å². The van der Waals surface area contributed by atoms with Crippen LogP contribution in [0.5, 0.6) is 11.6 Å². The Morgan fingerprint density at radius 1 is 0.968 bits per heavy atom. The molecule has 0 aliphatic carbocycles. The second-order valence-corrected chi connectivity index (χ2v) is 7.16. The van der Waals surface area contributed by atoms with E-state index in [9.17, 15) is 20.4 Å². The van der Waals surface area contributed by atoms with Gasteiger partial charge in [0.05, 0.1) is 25.1 Å². The maximum Gasteiger partial charge on any atom is 0.236 e. The fourth-order valence-electron chi connectivity index (χ4n) is 3.43. The summed E-state index contributed by atoms with van der Waals surface area (Å²) in [4.78, 5) is 0. The number of hydrogen-bond acceptors (Lipinski definition) is 8. The molecule has 1 aliphatic heterocycles. The van der Waals surface area contributed by atoms with Crippen LogP contribution in [0.25, 0.3) is 16.9 Å². The van der Waals surface area contributed by atoms with E-state index >= 15 is 0 Å². The number of aliphatic hydroxyl groups is 4. The number of para-hydroxylation sites is 1. The van der Waals surface area contributed by atoms with Gasteiger partial charge in [-0.25, -0.2) is 4.68 Å². The lowest BCUT2D eigenvalue weighted by Crippen LogP contribution is -2.60. The van der Waals surface area contributed by atoms with Gasteiger partial charge >= 0.3 is 0 Å². The van der Waals surface area contributed by atoms with Crippen molar-refractivity contribution in [1.29, 1.82) is 0 Å². The third-order valence-corrected chi connectivity index (χ3v) is 5.16. The second-order valence-electron chi connectivity index (χ2n) is 7.16. The van der Waals surface area contributed by atoms with Crippen molar-refractivity contribution in [3.8, 4) is 28.6 Å². The lowest BCUT2D eigenvalue weighted by molar-refractivity contribution is -0.278. The quantitative estimate of drug-likeness (QED) is 0.453. The highest BCUT2D eigenvalue weighted by molar-refractivity contribution is 5.64. The van der Waals surface area contributed by atoms with Crippen LogP contribution in [0.15, 0.2) is 60.7 Å². The van der Waals surface area contributed by atoms with Gasteiger partial charge in [-0.05, 0) is 36.4 Å². The Labute approximate surface area is 178 Å². The number of benzene rings is 2. The van der Waals surface area contributed by atoms with Gasteiger partial charge in [-0.1, -0.05) is 18.2 Å². The summed E-state index contributed by atoms with van der Waals surface area (Å²) < 4.78 is 18.0. The smallest absolute Gasteiger partial charge is 0.236 e. The van der Waals surface area contributed by atoms with Crippen molar-refractivity contribution in [3.05, 3.63) is 60.7 Å². The molecule has 4 N–H and O–H groups in total. The van der Waals surface area contributed by atoms with Crippen LogP contribution in [0, 0.1) is 0 Å².